The van der Waals surface area contributed by atoms with Gasteiger partial charge in [-0.1, -0.05) is 34.7 Å². The Morgan fingerprint density at radius 2 is 2.00 bits per heavy atom. The summed E-state index contributed by atoms with van der Waals surface area (Å²) in [5.41, 5.74) is 0.139. The molecule has 0 nitrogen and oxygen atoms in total. The van der Waals surface area contributed by atoms with E-state index in [9.17, 15) is 0 Å². The monoisotopic (exact) mass is 278 g/mol. The van der Waals surface area contributed by atoms with Crippen LogP contribution in [0.5, 0.6) is 0 Å². The van der Waals surface area contributed by atoms with Gasteiger partial charge >= 0.3 is 0 Å². The average Bonchev–Trinajstić information content (AvgIpc) is 2.27. The van der Waals surface area contributed by atoms with Crippen LogP contribution in [-0.4, -0.2) is 4.83 Å². The van der Waals surface area contributed by atoms with E-state index in [1.54, 1.807) is 0 Å². The molecule has 0 N–H and O–H groups in total. The maximum Gasteiger partial charge on any atom is 0.0339 e. The molecule has 0 aromatic rings. The highest BCUT2D eigenvalue weighted by atomic mass is 79.9. The molecule has 2 aliphatic rings. The van der Waals surface area contributed by atoms with Crippen molar-refractivity contribution in [2.24, 2.45) is 16.7 Å². The Kier molecular flexibility index (Phi) is 3.11. The van der Waals surface area contributed by atoms with Crippen molar-refractivity contribution in [1.82, 2.24) is 0 Å². The van der Waals surface area contributed by atoms with Crippen molar-refractivity contribution in [2.45, 2.75) is 50.3 Å². The highest BCUT2D eigenvalue weighted by Gasteiger charge is 2.49. The van der Waals surface area contributed by atoms with Crippen molar-refractivity contribution in [1.29, 1.82) is 0 Å². The minimum Gasteiger partial charge on any atom is -0.120 e. The van der Waals surface area contributed by atoms with Crippen molar-refractivity contribution in [3.8, 4) is 24.7 Å². The second-order valence-corrected chi connectivity index (χ2v) is 6.99. The molecule has 0 radical (unpaired) electrons. The third-order valence-corrected chi connectivity index (χ3v) is 5.22. The van der Waals surface area contributed by atoms with Crippen molar-refractivity contribution in [2.75, 3.05) is 0 Å². The third kappa shape index (κ3) is 1.91. The molecule has 2 aliphatic carbocycles. The van der Waals surface area contributed by atoms with E-state index in [4.69, 9.17) is 12.8 Å². The maximum atomic E-state index is 5.80. The first kappa shape index (κ1) is 12.1. The summed E-state index contributed by atoms with van der Waals surface area (Å²) in [6.07, 6.45) is 18.4. The Labute approximate surface area is 108 Å². The van der Waals surface area contributed by atoms with Crippen LogP contribution in [0, 0.1) is 41.4 Å². The maximum absolute atomic E-state index is 5.80. The summed E-state index contributed by atoms with van der Waals surface area (Å²) >= 11 is 3.75. The van der Waals surface area contributed by atoms with E-state index in [1.165, 1.54) is 19.3 Å². The predicted octanol–water partition coefficient (Wildman–Crippen LogP) is 3.99. The molecule has 4 atom stereocenters. The number of hydrogen-bond acceptors (Lipinski definition) is 0. The van der Waals surface area contributed by atoms with Crippen molar-refractivity contribution in [3.63, 3.8) is 0 Å². The fourth-order valence-electron chi connectivity index (χ4n) is 3.81. The molecule has 0 spiro atoms. The lowest BCUT2D eigenvalue weighted by molar-refractivity contribution is 0.0541. The standard InChI is InChI=1S/C15H19Br/c1-4-14(5-2)8-12-7-13(16)10-15(6-3,9-12)11-14/h1,3,12-13H,5,7-11H2,2H3. The number of hydrogen-bond donors (Lipinski definition) is 0. The zero-order valence-electron chi connectivity index (χ0n) is 9.93. The van der Waals surface area contributed by atoms with E-state index in [1.807, 2.05) is 0 Å². The number of terminal acetylenes is 2. The first-order valence-electron chi connectivity index (χ1n) is 6.17. The SMILES string of the molecule is C#CC1(CC)CC2CC(Br)CC(C#C)(C2)C1. The van der Waals surface area contributed by atoms with Crippen LogP contribution < -0.4 is 0 Å². The fraction of sp³-hybridized carbons (Fsp3) is 0.733. The molecule has 1 heteroatoms. The van der Waals surface area contributed by atoms with Gasteiger partial charge in [0.15, 0.2) is 0 Å². The summed E-state index contributed by atoms with van der Waals surface area (Å²) in [5, 5.41) is 0. The molecule has 0 aliphatic heterocycles. The zero-order chi connectivity index (χ0) is 11.8. The number of halogens is 1. The van der Waals surface area contributed by atoms with Crippen molar-refractivity contribution in [3.05, 3.63) is 0 Å². The molecule has 0 amide bonds. The van der Waals surface area contributed by atoms with Crippen LogP contribution in [0.15, 0.2) is 0 Å². The molecule has 2 bridgehead atoms. The largest absolute Gasteiger partial charge is 0.120 e. The third-order valence-electron chi connectivity index (χ3n) is 4.53. The fourth-order valence-corrected chi connectivity index (χ4v) is 4.96. The first-order valence-corrected chi connectivity index (χ1v) is 7.08. The van der Waals surface area contributed by atoms with Crippen molar-refractivity contribution < 1.29 is 0 Å². The lowest BCUT2D eigenvalue weighted by Gasteiger charge is -2.51. The van der Waals surface area contributed by atoms with Gasteiger partial charge in [0.25, 0.3) is 0 Å². The smallest absolute Gasteiger partial charge is 0.0339 e. The topological polar surface area (TPSA) is 0 Å². The van der Waals surface area contributed by atoms with Gasteiger partial charge in [-0.15, -0.1) is 12.8 Å². The van der Waals surface area contributed by atoms with E-state index in [2.05, 4.69) is 34.7 Å². The van der Waals surface area contributed by atoms with Crippen LogP contribution in [0.2, 0.25) is 0 Å². The minimum absolute atomic E-state index is 0.0672. The van der Waals surface area contributed by atoms with Gasteiger partial charge in [-0.2, -0.15) is 0 Å². The summed E-state index contributed by atoms with van der Waals surface area (Å²) in [6.45, 7) is 2.21. The summed E-state index contributed by atoms with van der Waals surface area (Å²) < 4.78 is 0. The molecule has 2 saturated carbocycles. The Morgan fingerprint density at radius 3 is 2.56 bits per heavy atom. The van der Waals surface area contributed by atoms with Crippen LogP contribution in [-0.2, 0) is 0 Å². The van der Waals surface area contributed by atoms with Crippen molar-refractivity contribution >= 4 is 15.9 Å². The van der Waals surface area contributed by atoms with Gasteiger partial charge in [0.2, 0.25) is 0 Å². The van der Waals surface area contributed by atoms with Crippen LogP contribution in [0.25, 0.3) is 0 Å². The average molecular weight is 279 g/mol. The first-order chi connectivity index (χ1) is 7.57. The quantitative estimate of drug-likeness (QED) is 0.503. The molecule has 0 aromatic heterocycles. The van der Waals surface area contributed by atoms with E-state index >= 15 is 0 Å². The van der Waals surface area contributed by atoms with Crippen LogP contribution in [0.4, 0.5) is 0 Å². The van der Waals surface area contributed by atoms with Gasteiger partial charge in [0.1, 0.15) is 0 Å². The normalized spacial score (nSPS) is 46.8. The molecular formula is C15H19Br. The van der Waals surface area contributed by atoms with Gasteiger partial charge in [0, 0.05) is 15.7 Å². The Bertz CT molecular complexity index is 355. The van der Waals surface area contributed by atoms with Crippen LogP contribution in [0.1, 0.15) is 45.4 Å². The van der Waals surface area contributed by atoms with E-state index < -0.39 is 0 Å². The lowest BCUT2D eigenvalue weighted by atomic mass is 9.53. The second kappa shape index (κ2) is 4.12. The van der Waals surface area contributed by atoms with Gasteiger partial charge in [-0.25, -0.2) is 0 Å². The minimum atomic E-state index is 0.0672. The molecule has 4 unspecified atom stereocenters. The Hall–Kier alpha value is -0.400. The molecular weight excluding hydrogens is 260 g/mol. The van der Waals surface area contributed by atoms with E-state index in [0.29, 0.717) is 4.83 Å². The van der Waals surface area contributed by atoms with Gasteiger partial charge in [-0.3, -0.25) is 0 Å². The highest BCUT2D eigenvalue weighted by Crippen LogP contribution is 2.57. The predicted molar refractivity (Wildman–Crippen MR) is 72.1 cm³/mol. The second-order valence-electron chi connectivity index (χ2n) is 5.69. The number of rotatable bonds is 1. The molecule has 2 fully saturated rings. The molecule has 16 heavy (non-hydrogen) atoms. The number of fused-ring (bicyclic) bond motifs is 2. The highest BCUT2D eigenvalue weighted by molar-refractivity contribution is 9.09. The lowest BCUT2D eigenvalue weighted by Crippen LogP contribution is -2.44. The molecule has 0 aromatic carbocycles. The van der Waals surface area contributed by atoms with Gasteiger partial charge in [0.05, 0.1) is 0 Å². The Morgan fingerprint density at radius 1 is 1.25 bits per heavy atom. The zero-order valence-corrected chi connectivity index (χ0v) is 11.5. The molecule has 2 rings (SSSR count). The van der Waals surface area contributed by atoms with E-state index in [0.717, 1.165) is 25.2 Å². The summed E-state index contributed by atoms with van der Waals surface area (Å²) in [6, 6.07) is 0. The number of alkyl halides is 1. The molecule has 0 saturated heterocycles. The van der Waals surface area contributed by atoms with Gasteiger partial charge in [-0.05, 0) is 44.4 Å². The Balaban J connectivity index is 2.31. The van der Waals surface area contributed by atoms with Gasteiger partial charge < -0.3 is 0 Å². The summed E-state index contributed by atoms with van der Waals surface area (Å²) in [5.74, 6) is 6.86. The summed E-state index contributed by atoms with van der Waals surface area (Å²) in [4.78, 5) is 0.593. The molecule has 0 heterocycles. The van der Waals surface area contributed by atoms with Crippen LogP contribution in [0.3, 0.4) is 0 Å². The van der Waals surface area contributed by atoms with Crippen LogP contribution >= 0.6 is 15.9 Å². The summed E-state index contributed by atoms with van der Waals surface area (Å²) in [7, 11) is 0. The molecule has 86 valence electrons. The van der Waals surface area contributed by atoms with E-state index in [-0.39, 0.29) is 10.8 Å².